The maximum atomic E-state index is 12.1. The van der Waals surface area contributed by atoms with Crippen LogP contribution in [-0.4, -0.2) is 36.3 Å². The summed E-state index contributed by atoms with van der Waals surface area (Å²) in [5.74, 6) is -0.0375. The minimum Gasteiger partial charge on any atom is -0.378 e. The number of hydrogen-bond acceptors (Lipinski definition) is 3. The number of nitrogens with one attached hydrogen (secondary N) is 1. The second-order valence-corrected chi connectivity index (χ2v) is 5.72. The fraction of sp³-hybridized carbons (Fsp3) is 0.412. The van der Waals surface area contributed by atoms with E-state index in [-0.39, 0.29) is 5.91 Å². The van der Waals surface area contributed by atoms with Gasteiger partial charge in [-0.05, 0) is 50.1 Å². The average Bonchev–Trinajstić information content (AvgIpc) is 2.73. The van der Waals surface area contributed by atoms with Gasteiger partial charge in [0.15, 0.2) is 0 Å². The van der Waals surface area contributed by atoms with E-state index in [2.05, 4.69) is 17.3 Å². The summed E-state index contributed by atoms with van der Waals surface area (Å²) in [5.41, 5.74) is 5.17. The summed E-state index contributed by atoms with van der Waals surface area (Å²) in [6.07, 6.45) is 0.799. The number of hydrogen-bond donors (Lipinski definition) is 1. The van der Waals surface area contributed by atoms with Gasteiger partial charge in [-0.25, -0.2) is 0 Å². The molecule has 1 N–H and O–H groups in total. The zero-order chi connectivity index (χ0) is 16.3. The summed E-state index contributed by atoms with van der Waals surface area (Å²) in [7, 11) is 5.90. The standard InChI is InChI=1S/C17H24N4O/c1-12-16(13(2)21(5)19-12)10-11-18-17(22)14-6-8-15(9-7-14)20(3)4/h6-9H,10-11H2,1-5H3,(H,18,22). The van der Waals surface area contributed by atoms with Gasteiger partial charge in [0.05, 0.1) is 5.69 Å². The Balaban J connectivity index is 1.92. The van der Waals surface area contributed by atoms with Crippen molar-refractivity contribution in [2.24, 2.45) is 7.05 Å². The third kappa shape index (κ3) is 3.47. The van der Waals surface area contributed by atoms with Gasteiger partial charge in [0.1, 0.15) is 0 Å². The first-order chi connectivity index (χ1) is 10.4. The van der Waals surface area contributed by atoms with Gasteiger partial charge in [-0.2, -0.15) is 5.10 Å². The van der Waals surface area contributed by atoms with Gasteiger partial charge in [-0.15, -0.1) is 0 Å². The number of carbonyl (C=O) groups is 1. The zero-order valence-corrected chi connectivity index (χ0v) is 14.0. The Hall–Kier alpha value is -2.30. The highest BCUT2D eigenvalue weighted by molar-refractivity contribution is 5.94. The van der Waals surface area contributed by atoms with E-state index in [9.17, 15) is 4.79 Å². The van der Waals surface area contributed by atoms with E-state index in [1.807, 2.05) is 61.9 Å². The van der Waals surface area contributed by atoms with Crippen molar-refractivity contribution in [1.29, 1.82) is 0 Å². The van der Waals surface area contributed by atoms with Crippen molar-refractivity contribution < 1.29 is 4.79 Å². The van der Waals surface area contributed by atoms with Gasteiger partial charge in [0.2, 0.25) is 0 Å². The molecule has 5 nitrogen and oxygen atoms in total. The van der Waals surface area contributed by atoms with Gasteiger partial charge in [0.25, 0.3) is 5.91 Å². The molecule has 0 fully saturated rings. The van der Waals surface area contributed by atoms with Crippen LogP contribution in [0.5, 0.6) is 0 Å². The third-order valence-electron chi connectivity index (χ3n) is 3.97. The Morgan fingerprint density at radius 2 is 1.86 bits per heavy atom. The van der Waals surface area contributed by atoms with Gasteiger partial charge in [0, 0.05) is 44.6 Å². The van der Waals surface area contributed by atoms with E-state index in [4.69, 9.17) is 0 Å². The molecule has 22 heavy (non-hydrogen) atoms. The fourth-order valence-electron chi connectivity index (χ4n) is 2.49. The molecular weight excluding hydrogens is 276 g/mol. The molecule has 0 atom stereocenters. The molecule has 1 aromatic heterocycles. The topological polar surface area (TPSA) is 50.2 Å². The molecule has 0 aliphatic carbocycles. The van der Waals surface area contributed by atoms with Crippen molar-refractivity contribution in [1.82, 2.24) is 15.1 Å². The molecule has 0 spiro atoms. The van der Waals surface area contributed by atoms with Crippen LogP contribution in [0.2, 0.25) is 0 Å². The van der Waals surface area contributed by atoms with Crippen LogP contribution in [0, 0.1) is 13.8 Å². The van der Waals surface area contributed by atoms with Gasteiger partial charge in [-0.3, -0.25) is 9.48 Å². The second-order valence-electron chi connectivity index (χ2n) is 5.72. The lowest BCUT2D eigenvalue weighted by Gasteiger charge is -2.12. The molecule has 118 valence electrons. The minimum absolute atomic E-state index is 0.0375. The highest BCUT2D eigenvalue weighted by Gasteiger charge is 2.10. The third-order valence-corrected chi connectivity index (χ3v) is 3.97. The molecule has 2 aromatic rings. The lowest BCUT2D eigenvalue weighted by molar-refractivity contribution is 0.0954. The SMILES string of the molecule is Cc1nn(C)c(C)c1CCNC(=O)c1ccc(N(C)C)cc1. The van der Waals surface area contributed by atoms with Gasteiger partial charge in [-0.1, -0.05) is 0 Å². The quantitative estimate of drug-likeness (QED) is 0.920. The maximum Gasteiger partial charge on any atom is 0.251 e. The number of nitrogens with zero attached hydrogens (tertiary/aromatic N) is 3. The Labute approximate surface area is 131 Å². The van der Waals surface area contributed by atoms with Crippen molar-refractivity contribution >= 4 is 11.6 Å². The summed E-state index contributed by atoms with van der Waals surface area (Å²) >= 11 is 0. The summed E-state index contributed by atoms with van der Waals surface area (Å²) in [6.45, 7) is 4.67. The van der Waals surface area contributed by atoms with Gasteiger partial charge >= 0.3 is 0 Å². The summed E-state index contributed by atoms with van der Waals surface area (Å²) in [6, 6.07) is 7.60. The number of benzene rings is 1. The van der Waals surface area contributed by atoms with Crippen LogP contribution in [0.25, 0.3) is 0 Å². The van der Waals surface area contributed by atoms with Crippen LogP contribution in [-0.2, 0) is 13.5 Å². The Bertz CT molecular complexity index is 656. The van der Waals surface area contributed by atoms with Crippen LogP contribution in [0.15, 0.2) is 24.3 Å². The van der Waals surface area contributed by atoms with Crippen molar-refractivity contribution in [3.05, 3.63) is 46.8 Å². The zero-order valence-electron chi connectivity index (χ0n) is 14.0. The van der Waals surface area contributed by atoms with Crippen molar-refractivity contribution in [2.75, 3.05) is 25.5 Å². The summed E-state index contributed by atoms with van der Waals surface area (Å²) in [5, 5.41) is 7.36. The normalized spacial score (nSPS) is 10.6. The number of rotatable bonds is 5. The Morgan fingerprint density at radius 3 is 2.36 bits per heavy atom. The predicted molar refractivity (Wildman–Crippen MR) is 89.5 cm³/mol. The highest BCUT2D eigenvalue weighted by Crippen LogP contribution is 2.13. The molecule has 1 heterocycles. The smallest absolute Gasteiger partial charge is 0.251 e. The molecule has 1 aromatic carbocycles. The number of anilines is 1. The van der Waals surface area contributed by atoms with E-state index in [0.29, 0.717) is 12.1 Å². The van der Waals surface area contributed by atoms with E-state index in [1.54, 1.807) is 0 Å². The Kier molecular flexibility index (Phi) is 4.85. The largest absolute Gasteiger partial charge is 0.378 e. The van der Waals surface area contributed by atoms with Crippen LogP contribution >= 0.6 is 0 Å². The molecule has 0 aliphatic rings. The maximum absolute atomic E-state index is 12.1. The molecule has 0 radical (unpaired) electrons. The van der Waals surface area contributed by atoms with Gasteiger partial charge < -0.3 is 10.2 Å². The van der Waals surface area contributed by atoms with E-state index < -0.39 is 0 Å². The van der Waals surface area contributed by atoms with E-state index in [0.717, 1.165) is 23.5 Å². The van der Waals surface area contributed by atoms with Crippen LogP contribution < -0.4 is 10.2 Å². The molecule has 1 amide bonds. The van der Waals surface area contributed by atoms with Crippen molar-refractivity contribution in [2.45, 2.75) is 20.3 Å². The second kappa shape index (κ2) is 6.64. The lowest BCUT2D eigenvalue weighted by Crippen LogP contribution is -2.26. The molecule has 0 aliphatic heterocycles. The Morgan fingerprint density at radius 1 is 1.23 bits per heavy atom. The van der Waals surface area contributed by atoms with Crippen LogP contribution in [0.1, 0.15) is 27.3 Å². The van der Waals surface area contributed by atoms with Crippen molar-refractivity contribution in [3.63, 3.8) is 0 Å². The number of aromatic nitrogens is 2. The molecule has 0 saturated heterocycles. The molecule has 2 rings (SSSR count). The lowest BCUT2D eigenvalue weighted by atomic mass is 10.1. The number of amides is 1. The average molecular weight is 300 g/mol. The molecule has 0 unspecified atom stereocenters. The molecule has 0 bridgehead atoms. The number of carbonyl (C=O) groups excluding carboxylic acids is 1. The van der Waals surface area contributed by atoms with Crippen molar-refractivity contribution in [3.8, 4) is 0 Å². The van der Waals surface area contributed by atoms with E-state index in [1.165, 1.54) is 5.56 Å². The first kappa shape index (κ1) is 16.1. The molecular formula is C17H24N4O. The molecule has 5 heteroatoms. The number of aryl methyl sites for hydroxylation is 2. The van der Waals surface area contributed by atoms with Crippen LogP contribution in [0.3, 0.4) is 0 Å². The highest BCUT2D eigenvalue weighted by atomic mass is 16.1. The predicted octanol–water partition coefficient (Wildman–Crippen LogP) is 2.08. The first-order valence-electron chi connectivity index (χ1n) is 7.45. The molecule has 0 saturated carbocycles. The minimum atomic E-state index is -0.0375. The first-order valence-corrected chi connectivity index (χ1v) is 7.45. The summed E-state index contributed by atoms with van der Waals surface area (Å²) in [4.78, 5) is 14.2. The monoisotopic (exact) mass is 300 g/mol. The van der Waals surface area contributed by atoms with E-state index >= 15 is 0 Å². The van der Waals surface area contributed by atoms with Crippen LogP contribution in [0.4, 0.5) is 5.69 Å². The fourth-order valence-corrected chi connectivity index (χ4v) is 2.49. The summed E-state index contributed by atoms with van der Waals surface area (Å²) < 4.78 is 1.88.